The van der Waals surface area contributed by atoms with Gasteiger partial charge in [0.1, 0.15) is 22.8 Å². The van der Waals surface area contributed by atoms with E-state index < -0.39 is 4.92 Å². The highest BCUT2D eigenvalue weighted by atomic mass is 79.9. The zero-order chi connectivity index (χ0) is 25.9. The number of halogens is 1. The highest BCUT2D eigenvalue weighted by Crippen LogP contribution is 2.33. The van der Waals surface area contributed by atoms with Gasteiger partial charge in [0.25, 0.3) is 5.69 Å². The van der Waals surface area contributed by atoms with Gasteiger partial charge in [0.05, 0.1) is 22.1 Å². The van der Waals surface area contributed by atoms with Gasteiger partial charge >= 0.3 is 0 Å². The van der Waals surface area contributed by atoms with Gasteiger partial charge in [0.2, 0.25) is 11.8 Å². The summed E-state index contributed by atoms with van der Waals surface area (Å²) in [6.45, 7) is 0. The number of anilines is 1. The second kappa shape index (κ2) is 10.1. The Labute approximate surface area is 218 Å². The molecule has 0 atom stereocenters. The fraction of sp³-hybridized carbons (Fsp3) is 0.0370. The molecule has 9 nitrogen and oxygen atoms in total. The Morgan fingerprint density at radius 3 is 2.70 bits per heavy atom. The van der Waals surface area contributed by atoms with Crippen molar-refractivity contribution in [3.63, 3.8) is 0 Å². The predicted octanol–water partition coefficient (Wildman–Crippen LogP) is 7.09. The first kappa shape index (κ1) is 24.0. The number of amides is 1. The number of ether oxygens (including phenoxy) is 1. The molecule has 0 aliphatic heterocycles. The first-order chi connectivity index (χ1) is 17.9. The summed E-state index contributed by atoms with van der Waals surface area (Å²) in [5, 5.41) is 14.0. The van der Waals surface area contributed by atoms with E-state index in [0.717, 1.165) is 10.0 Å². The number of carbonyl (C=O) groups excluding carboxylic acids is 1. The molecule has 37 heavy (non-hydrogen) atoms. The Bertz CT molecular complexity index is 1670. The summed E-state index contributed by atoms with van der Waals surface area (Å²) in [7, 11) is 1.59. The summed E-state index contributed by atoms with van der Waals surface area (Å²) in [6, 6.07) is 20.2. The molecule has 0 saturated heterocycles. The van der Waals surface area contributed by atoms with E-state index in [1.165, 1.54) is 18.2 Å². The van der Waals surface area contributed by atoms with Gasteiger partial charge in [-0.3, -0.25) is 14.9 Å². The molecule has 5 aromatic rings. The summed E-state index contributed by atoms with van der Waals surface area (Å²) in [5.74, 6) is 1.47. The zero-order valence-electron chi connectivity index (χ0n) is 19.3. The molecule has 5 rings (SSSR count). The average molecular weight is 560 g/mol. The number of furan rings is 1. The topological polar surface area (TPSA) is 121 Å². The molecule has 2 aromatic heterocycles. The summed E-state index contributed by atoms with van der Waals surface area (Å²) in [5.41, 5.74) is 2.78. The number of hydrogen-bond acceptors (Lipinski definition) is 7. The van der Waals surface area contributed by atoms with E-state index in [4.69, 9.17) is 13.6 Å². The molecule has 0 unspecified atom stereocenters. The molecular weight excluding hydrogens is 542 g/mol. The fourth-order valence-corrected chi connectivity index (χ4v) is 4.24. The highest BCUT2D eigenvalue weighted by Gasteiger charge is 2.17. The van der Waals surface area contributed by atoms with Crippen LogP contribution in [0.25, 0.3) is 40.0 Å². The molecule has 0 aliphatic carbocycles. The molecule has 3 aromatic carbocycles. The predicted molar refractivity (Wildman–Crippen MR) is 142 cm³/mol. The van der Waals surface area contributed by atoms with E-state index in [0.29, 0.717) is 45.5 Å². The molecule has 184 valence electrons. The lowest BCUT2D eigenvalue weighted by molar-refractivity contribution is -0.384. The van der Waals surface area contributed by atoms with Gasteiger partial charge < -0.3 is 18.9 Å². The van der Waals surface area contributed by atoms with Crippen LogP contribution >= 0.6 is 15.9 Å². The van der Waals surface area contributed by atoms with E-state index >= 15 is 0 Å². The van der Waals surface area contributed by atoms with Gasteiger partial charge in [0.15, 0.2) is 5.58 Å². The number of rotatable bonds is 7. The van der Waals surface area contributed by atoms with Crippen molar-refractivity contribution < 1.29 is 23.3 Å². The maximum Gasteiger partial charge on any atom is 0.280 e. The molecule has 10 heteroatoms. The molecular formula is C27H18BrN3O6. The monoisotopic (exact) mass is 559 g/mol. The third kappa shape index (κ3) is 5.14. The fourth-order valence-electron chi connectivity index (χ4n) is 3.70. The lowest BCUT2D eigenvalue weighted by Crippen LogP contribution is -2.07. The van der Waals surface area contributed by atoms with Crippen LogP contribution in [0.3, 0.4) is 0 Å². The molecule has 1 amide bonds. The van der Waals surface area contributed by atoms with Gasteiger partial charge in [-0.2, -0.15) is 0 Å². The standard InChI is InChI=1S/C27H18BrN3O6/c1-35-24-10-6-16(14-20(24)28)27-30-21-15-17(7-11-25(21)37-27)29-26(32)13-9-18-8-12-23(36-18)19-4-2-3-5-22(19)31(33)34/h2-15H,1H3,(H,29,32). The second-order valence-corrected chi connectivity index (χ2v) is 8.70. The largest absolute Gasteiger partial charge is 0.496 e. The molecule has 0 aliphatic rings. The highest BCUT2D eigenvalue weighted by molar-refractivity contribution is 9.10. The van der Waals surface area contributed by atoms with Crippen LogP contribution in [0, 0.1) is 10.1 Å². The van der Waals surface area contributed by atoms with Crippen molar-refractivity contribution in [2.45, 2.75) is 0 Å². The van der Waals surface area contributed by atoms with Crippen molar-refractivity contribution >= 4 is 50.4 Å². The van der Waals surface area contributed by atoms with Gasteiger partial charge in [-0.05, 0) is 76.6 Å². The minimum atomic E-state index is -0.467. The van der Waals surface area contributed by atoms with E-state index in [1.807, 2.05) is 18.2 Å². The van der Waals surface area contributed by atoms with Crippen LogP contribution < -0.4 is 10.1 Å². The van der Waals surface area contributed by atoms with Crippen molar-refractivity contribution in [2.24, 2.45) is 0 Å². The van der Waals surface area contributed by atoms with Crippen molar-refractivity contribution in [1.29, 1.82) is 0 Å². The summed E-state index contributed by atoms with van der Waals surface area (Å²) in [4.78, 5) is 27.8. The van der Waals surface area contributed by atoms with Gasteiger partial charge in [0, 0.05) is 23.4 Å². The number of aromatic nitrogens is 1. The Hall–Kier alpha value is -4.70. The minimum Gasteiger partial charge on any atom is -0.496 e. The molecule has 2 heterocycles. The third-order valence-electron chi connectivity index (χ3n) is 5.45. The van der Waals surface area contributed by atoms with Crippen molar-refractivity contribution in [1.82, 2.24) is 4.98 Å². The van der Waals surface area contributed by atoms with Gasteiger partial charge in [-0.15, -0.1) is 0 Å². The van der Waals surface area contributed by atoms with Gasteiger partial charge in [-0.1, -0.05) is 12.1 Å². The molecule has 1 N–H and O–H groups in total. The maximum atomic E-state index is 12.5. The Balaban J connectivity index is 1.29. The molecule has 0 spiro atoms. The van der Waals surface area contributed by atoms with Crippen LogP contribution in [0.1, 0.15) is 5.76 Å². The number of oxazole rings is 1. The Kier molecular flexibility index (Phi) is 6.57. The number of hydrogen-bond donors (Lipinski definition) is 1. The first-order valence-corrected chi connectivity index (χ1v) is 11.8. The number of para-hydroxylation sites is 1. The van der Waals surface area contributed by atoms with Crippen LogP contribution in [-0.2, 0) is 4.79 Å². The average Bonchev–Trinajstić information content (AvgIpc) is 3.54. The van der Waals surface area contributed by atoms with E-state index in [9.17, 15) is 14.9 Å². The summed E-state index contributed by atoms with van der Waals surface area (Å²) >= 11 is 3.46. The van der Waals surface area contributed by atoms with Crippen LogP contribution in [0.5, 0.6) is 5.75 Å². The number of fused-ring (bicyclic) bond motifs is 1. The quantitative estimate of drug-likeness (QED) is 0.128. The third-order valence-corrected chi connectivity index (χ3v) is 6.07. The van der Waals surface area contributed by atoms with Crippen molar-refractivity contribution in [3.05, 3.63) is 99.2 Å². The number of methoxy groups -OCH3 is 1. The molecule has 0 saturated carbocycles. The number of nitro groups is 1. The molecule has 0 bridgehead atoms. The maximum absolute atomic E-state index is 12.5. The summed E-state index contributed by atoms with van der Waals surface area (Å²) in [6.07, 6.45) is 2.80. The minimum absolute atomic E-state index is 0.0591. The lowest BCUT2D eigenvalue weighted by Gasteiger charge is -2.03. The number of nitrogens with one attached hydrogen (secondary N) is 1. The Morgan fingerprint density at radius 2 is 1.92 bits per heavy atom. The SMILES string of the molecule is COc1ccc(-c2nc3cc(NC(=O)C=Cc4ccc(-c5ccccc5[N+](=O)[O-])o4)ccc3o2)cc1Br. The zero-order valence-corrected chi connectivity index (χ0v) is 20.9. The van der Waals surface area contributed by atoms with Gasteiger partial charge in [-0.25, -0.2) is 4.98 Å². The normalized spacial score (nSPS) is 11.2. The van der Waals surface area contributed by atoms with Crippen LogP contribution in [0.4, 0.5) is 11.4 Å². The first-order valence-electron chi connectivity index (χ1n) is 11.0. The Morgan fingerprint density at radius 1 is 1.08 bits per heavy atom. The number of nitrogens with zero attached hydrogens (tertiary/aromatic N) is 2. The van der Waals surface area contributed by atoms with Crippen molar-refractivity contribution in [3.8, 4) is 28.5 Å². The van der Waals surface area contributed by atoms with Crippen LogP contribution in [-0.4, -0.2) is 22.9 Å². The van der Waals surface area contributed by atoms with Crippen LogP contribution in [0.15, 0.2) is 92.2 Å². The molecule has 0 fully saturated rings. The number of carbonyl (C=O) groups is 1. The van der Waals surface area contributed by atoms with E-state index in [1.54, 1.807) is 55.6 Å². The van der Waals surface area contributed by atoms with Crippen LogP contribution in [0.2, 0.25) is 0 Å². The van der Waals surface area contributed by atoms with E-state index in [2.05, 4.69) is 26.2 Å². The molecule has 0 radical (unpaired) electrons. The second-order valence-electron chi connectivity index (χ2n) is 7.85. The smallest absolute Gasteiger partial charge is 0.280 e. The van der Waals surface area contributed by atoms with E-state index in [-0.39, 0.29) is 11.6 Å². The lowest BCUT2D eigenvalue weighted by atomic mass is 10.1. The number of nitro benzene ring substituents is 1. The van der Waals surface area contributed by atoms with Crippen molar-refractivity contribution in [2.75, 3.05) is 12.4 Å². The number of benzene rings is 3. The summed E-state index contributed by atoms with van der Waals surface area (Å²) < 4.78 is 17.6.